The van der Waals surface area contributed by atoms with Gasteiger partial charge in [-0.2, -0.15) is 0 Å². The molecule has 0 aromatic carbocycles. The molecule has 2 N–H and O–H groups in total. The molecule has 0 fully saturated rings. The molecule has 0 aromatic heterocycles. The van der Waals surface area contributed by atoms with Crippen LogP contribution in [0.3, 0.4) is 0 Å². The van der Waals surface area contributed by atoms with Crippen LogP contribution in [0.5, 0.6) is 0 Å². The van der Waals surface area contributed by atoms with E-state index in [1.807, 2.05) is 0 Å². The van der Waals surface area contributed by atoms with E-state index < -0.39 is 0 Å². The maximum Gasteiger partial charge on any atom is 0.0179 e. The third kappa shape index (κ3) is 7.61. The van der Waals surface area contributed by atoms with E-state index in [4.69, 9.17) is 0 Å². The van der Waals surface area contributed by atoms with E-state index in [9.17, 15) is 0 Å². The lowest BCUT2D eigenvalue weighted by Crippen LogP contribution is -2.18. The summed E-state index contributed by atoms with van der Waals surface area (Å²) in [6, 6.07) is 0. The van der Waals surface area contributed by atoms with Crippen molar-refractivity contribution in [2.24, 2.45) is 5.92 Å². The molecule has 0 aliphatic rings. The second kappa shape index (κ2) is 7.17. The van der Waals surface area contributed by atoms with E-state index in [-0.39, 0.29) is 0 Å². The number of hydrogen-bond acceptors (Lipinski definition) is 2. The molecule has 0 heterocycles. The smallest absolute Gasteiger partial charge is 0.0179 e. The zero-order valence-electron chi connectivity index (χ0n) is 8.78. The van der Waals surface area contributed by atoms with Crippen LogP contribution in [0.4, 0.5) is 0 Å². The van der Waals surface area contributed by atoms with Crippen LogP contribution in [0.2, 0.25) is 0 Å². The van der Waals surface area contributed by atoms with Gasteiger partial charge in [0.2, 0.25) is 0 Å². The van der Waals surface area contributed by atoms with Crippen molar-refractivity contribution in [1.82, 2.24) is 10.6 Å². The first-order valence-corrected chi connectivity index (χ1v) is 4.76. The Morgan fingerprint density at radius 1 is 1.42 bits per heavy atom. The molecular weight excluding hydrogens is 148 g/mol. The highest BCUT2D eigenvalue weighted by Crippen LogP contribution is 1.90. The van der Waals surface area contributed by atoms with Gasteiger partial charge in [-0.1, -0.05) is 20.8 Å². The Morgan fingerprint density at radius 3 is 2.58 bits per heavy atom. The Bertz CT molecular complexity index is 128. The summed E-state index contributed by atoms with van der Waals surface area (Å²) in [6.07, 6.45) is 2.10. The number of rotatable bonds is 6. The molecule has 0 rings (SSSR count). The van der Waals surface area contributed by atoms with Crippen LogP contribution in [-0.2, 0) is 0 Å². The van der Waals surface area contributed by atoms with Crippen LogP contribution in [-0.4, -0.2) is 19.6 Å². The summed E-state index contributed by atoms with van der Waals surface area (Å²) in [6.45, 7) is 11.8. The largest absolute Gasteiger partial charge is 0.391 e. The minimum atomic E-state index is 0.716. The normalized spacial score (nSPS) is 12.2. The van der Waals surface area contributed by atoms with Gasteiger partial charge in [-0.25, -0.2) is 0 Å². The van der Waals surface area contributed by atoms with Crippen molar-refractivity contribution in [3.63, 3.8) is 0 Å². The van der Waals surface area contributed by atoms with Gasteiger partial charge in [-0.3, -0.25) is 0 Å². The molecule has 0 aromatic rings. The number of likely N-dealkylation sites (N-methyl/N-ethyl adjacent to an activating group) is 1. The highest BCUT2D eigenvalue weighted by atomic mass is 14.9. The standard InChI is InChI=1S/C10H22N2/c1-5-11-7-10(4)8-12-6-9(2)3/h8-9,11-12H,5-7H2,1-4H3/b10-8-. The molecular formula is C10H22N2. The summed E-state index contributed by atoms with van der Waals surface area (Å²) in [7, 11) is 0. The van der Waals surface area contributed by atoms with Gasteiger partial charge < -0.3 is 10.6 Å². The molecule has 0 amide bonds. The van der Waals surface area contributed by atoms with Crippen molar-refractivity contribution in [2.45, 2.75) is 27.7 Å². The molecule has 0 aliphatic carbocycles. The third-order valence-electron chi connectivity index (χ3n) is 1.53. The van der Waals surface area contributed by atoms with E-state index in [0.717, 1.165) is 19.6 Å². The van der Waals surface area contributed by atoms with Crippen molar-refractivity contribution in [1.29, 1.82) is 0 Å². The first-order valence-electron chi connectivity index (χ1n) is 4.76. The minimum Gasteiger partial charge on any atom is -0.391 e. The monoisotopic (exact) mass is 170 g/mol. The van der Waals surface area contributed by atoms with Crippen LogP contribution >= 0.6 is 0 Å². The summed E-state index contributed by atoms with van der Waals surface area (Å²) in [4.78, 5) is 0. The first kappa shape index (κ1) is 11.5. The molecule has 0 saturated carbocycles. The molecule has 0 radical (unpaired) electrons. The highest BCUT2D eigenvalue weighted by molar-refractivity contribution is 4.98. The Balaban J connectivity index is 3.41. The second-order valence-corrected chi connectivity index (χ2v) is 3.57. The topological polar surface area (TPSA) is 24.1 Å². The summed E-state index contributed by atoms with van der Waals surface area (Å²) < 4.78 is 0. The SMILES string of the molecule is CCNC/C(C)=C\NCC(C)C. The molecule has 0 unspecified atom stereocenters. The average molecular weight is 170 g/mol. The van der Waals surface area contributed by atoms with E-state index in [1.54, 1.807) is 0 Å². The zero-order valence-corrected chi connectivity index (χ0v) is 8.78. The maximum atomic E-state index is 3.29. The fourth-order valence-electron chi connectivity index (χ4n) is 0.842. The number of hydrogen-bond donors (Lipinski definition) is 2. The molecule has 0 saturated heterocycles. The van der Waals surface area contributed by atoms with E-state index in [0.29, 0.717) is 5.92 Å². The molecule has 2 heteroatoms. The molecule has 0 bridgehead atoms. The fourth-order valence-corrected chi connectivity index (χ4v) is 0.842. The molecule has 0 atom stereocenters. The molecule has 72 valence electrons. The zero-order chi connectivity index (χ0) is 9.40. The Kier molecular flexibility index (Phi) is 6.87. The lowest BCUT2D eigenvalue weighted by Gasteiger charge is -2.06. The van der Waals surface area contributed by atoms with Gasteiger partial charge in [-0.05, 0) is 31.2 Å². The van der Waals surface area contributed by atoms with Crippen molar-refractivity contribution < 1.29 is 0 Å². The Hall–Kier alpha value is -0.500. The van der Waals surface area contributed by atoms with E-state index in [2.05, 4.69) is 44.5 Å². The third-order valence-corrected chi connectivity index (χ3v) is 1.53. The van der Waals surface area contributed by atoms with Gasteiger partial charge in [0, 0.05) is 13.1 Å². The Morgan fingerprint density at radius 2 is 2.08 bits per heavy atom. The van der Waals surface area contributed by atoms with Crippen molar-refractivity contribution in [3.8, 4) is 0 Å². The minimum absolute atomic E-state index is 0.716. The predicted molar refractivity (Wildman–Crippen MR) is 55.1 cm³/mol. The van der Waals surface area contributed by atoms with Crippen molar-refractivity contribution >= 4 is 0 Å². The van der Waals surface area contributed by atoms with Crippen LogP contribution in [0.1, 0.15) is 27.7 Å². The van der Waals surface area contributed by atoms with Gasteiger partial charge in [0.25, 0.3) is 0 Å². The van der Waals surface area contributed by atoms with Crippen LogP contribution in [0.25, 0.3) is 0 Å². The van der Waals surface area contributed by atoms with Crippen molar-refractivity contribution in [2.75, 3.05) is 19.6 Å². The summed E-state index contributed by atoms with van der Waals surface area (Å²) in [5, 5.41) is 6.57. The van der Waals surface area contributed by atoms with Gasteiger partial charge in [-0.15, -0.1) is 0 Å². The summed E-state index contributed by atoms with van der Waals surface area (Å²) in [5.41, 5.74) is 1.36. The summed E-state index contributed by atoms with van der Waals surface area (Å²) >= 11 is 0. The average Bonchev–Trinajstić information content (AvgIpc) is 2.00. The Labute approximate surface area is 76.4 Å². The van der Waals surface area contributed by atoms with Gasteiger partial charge in [0.15, 0.2) is 0 Å². The lowest BCUT2D eigenvalue weighted by atomic mass is 10.2. The van der Waals surface area contributed by atoms with E-state index >= 15 is 0 Å². The maximum absolute atomic E-state index is 3.29. The number of nitrogens with one attached hydrogen (secondary N) is 2. The summed E-state index contributed by atoms with van der Waals surface area (Å²) in [5.74, 6) is 0.716. The quantitative estimate of drug-likeness (QED) is 0.634. The first-order chi connectivity index (χ1) is 5.66. The van der Waals surface area contributed by atoms with E-state index in [1.165, 1.54) is 5.57 Å². The molecule has 0 aliphatic heterocycles. The molecule has 12 heavy (non-hydrogen) atoms. The fraction of sp³-hybridized carbons (Fsp3) is 0.800. The van der Waals surface area contributed by atoms with Gasteiger partial charge in [0.1, 0.15) is 0 Å². The van der Waals surface area contributed by atoms with Crippen LogP contribution < -0.4 is 10.6 Å². The van der Waals surface area contributed by atoms with Crippen LogP contribution in [0.15, 0.2) is 11.8 Å². The molecule has 2 nitrogen and oxygen atoms in total. The molecule has 0 spiro atoms. The lowest BCUT2D eigenvalue weighted by molar-refractivity contribution is 0.608. The van der Waals surface area contributed by atoms with Gasteiger partial charge in [0.05, 0.1) is 0 Å². The second-order valence-electron chi connectivity index (χ2n) is 3.57. The van der Waals surface area contributed by atoms with Crippen molar-refractivity contribution in [3.05, 3.63) is 11.8 Å². The van der Waals surface area contributed by atoms with Crippen LogP contribution in [0, 0.1) is 5.92 Å². The highest BCUT2D eigenvalue weighted by Gasteiger charge is 1.90. The van der Waals surface area contributed by atoms with Gasteiger partial charge >= 0.3 is 0 Å². The predicted octanol–water partition coefficient (Wildman–Crippen LogP) is 1.75.